The molecule has 23 heavy (non-hydrogen) atoms. The summed E-state index contributed by atoms with van der Waals surface area (Å²) >= 11 is 0. The van der Waals surface area contributed by atoms with E-state index in [1.165, 1.54) is 0 Å². The fourth-order valence-corrected chi connectivity index (χ4v) is 2.51. The molecular weight excluding hydrogens is 314 g/mol. The molecule has 1 saturated carbocycles. The molecule has 1 unspecified atom stereocenters. The number of hydrogen-bond acceptors (Lipinski definition) is 3. The van der Waals surface area contributed by atoms with Gasteiger partial charge in [-0.15, -0.1) is 12.4 Å². The first-order valence-electron chi connectivity index (χ1n) is 7.91. The summed E-state index contributed by atoms with van der Waals surface area (Å²) in [5, 5.41) is 5.85. The fourth-order valence-electron chi connectivity index (χ4n) is 2.51. The molecule has 1 aliphatic rings. The molecule has 1 aliphatic carbocycles. The molecule has 0 saturated heterocycles. The van der Waals surface area contributed by atoms with Crippen molar-refractivity contribution in [2.45, 2.75) is 38.6 Å². The molecule has 1 aromatic carbocycles. The number of halogens is 1. The average molecular weight is 340 g/mol. The van der Waals surface area contributed by atoms with Crippen LogP contribution in [0.5, 0.6) is 0 Å². The van der Waals surface area contributed by atoms with Crippen molar-refractivity contribution in [3.8, 4) is 0 Å². The largest absolute Gasteiger partial charge is 0.352 e. The van der Waals surface area contributed by atoms with E-state index >= 15 is 0 Å². The summed E-state index contributed by atoms with van der Waals surface area (Å²) in [5.41, 5.74) is 6.46. The summed E-state index contributed by atoms with van der Waals surface area (Å²) in [4.78, 5) is 24.4. The lowest BCUT2D eigenvalue weighted by Crippen LogP contribution is -2.53. The Morgan fingerprint density at radius 3 is 2.39 bits per heavy atom. The van der Waals surface area contributed by atoms with E-state index < -0.39 is 0 Å². The molecule has 2 rings (SSSR count). The molecule has 6 heteroatoms. The SMILES string of the molecule is CCCNC(=O)c1cccc(C(=O)NC(C)(CN)C2CC2)c1.Cl. The van der Waals surface area contributed by atoms with Crippen LogP contribution in [0, 0.1) is 5.92 Å². The maximum absolute atomic E-state index is 12.4. The summed E-state index contributed by atoms with van der Waals surface area (Å²) in [7, 11) is 0. The molecule has 4 N–H and O–H groups in total. The highest BCUT2D eigenvalue weighted by molar-refractivity contribution is 5.99. The fraction of sp³-hybridized carbons (Fsp3) is 0.529. The van der Waals surface area contributed by atoms with Crippen LogP contribution in [-0.2, 0) is 0 Å². The van der Waals surface area contributed by atoms with Crippen LogP contribution in [0.2, 0.25) is 0 Å². The minimum Gasteiger partial charge on any atom is -0.352 e. The molecule has 0 bridgehead atoms. The number of carbonyl (C=O) groups is 2. The Morgan fingerprint density at radius 1 is 1.26 bits per heavy atom. The highest BCUT2D eigenvalue weighted by Crippen LogP contribution is 2.39. The Balaban J connectivity index is 0.00000264. The summed E-state index contributed by atoms with van der Waals surface area (Å²) < 4.78 is 0. The van der Waals surface area contributed by atoms with E-state index in [9.17, 15) is 9.59 Å². The van der Waals surface area contributed by atoms with E-state index in [1.807, 2.05) is 13.8 Å². The molecule has 0 radical (unpaired) electrons. The third-order valence-electron chi connectivity index (χ3n) is 4.22. The maximum Gasteiger partial charge on any atom is 0.251 e. The Bertz CT molecular complexity index is 561. The second-order valence-electron chi connectivity index (χ2n) is 6.19. The van der Waals surface area contributed by atoms with Crippen LogP contribution in [0.3, 0.4) is 0 Å². The topological polar surface area (TPSA) is 84.2 Å². The molecule has 0 spiro atoms. The van der Waals surface area contributed by atoms with Crippen molar-refractivity contribution in [1.29, 1.82) is 0 Å². The van der Waals surface area contributed by atoms with Gasteiger partial charge in [-0.25, -0.2) is 0 Å². The Kier molecular flexibility index (Phi) is 7.03. The van der Waals surface area contributed by atoms with Gasteiger partial charge in [0.05, 0.1) is 5.54 Å². The third kappa shape index (κ3) is 4.94. The van der Waals surface area contributed by atoms with Crippen molar-refractivity contribution in [3.05, 3.63) is 35.4 Å². The highest BCUT2D eigenvalue weighted by atomic mass is 35.5. The van der Waals surface area contributed by atoms with Gasteiger partial charge in [0, 0.05) is 24.2 Å². The Labute approximate surface area is 143 Å². The van der Waals surface area contributed by atoms with Crippen molar-refractivity contribution < 1.29 is 9.59 Å². The predicted octanol–water partition coefficient (Wildman–Crippen LogP) is 2.11. The number of hydrogen-bond donors (Lipinski definition) is 3. The van der Waals surface area contributed by atoms with E-state index in [-0.39, 0.29) is 29.8 Å². The van der Waals surface area contributed by atoms with E-state index in [0.29, 0.717) is 30.1 Å². The molecule has 1 aromatic rings. The van der Waals surface area contributed by atoms with Crippen LogP contribution in [0.1, 0.15) is 53.8 Å². The van der Waals surface area contributed by atoms with Gasteiger partial charge in [0.2, 0.25) is 0 Å². The van der Waals surface area contributed by atoms with E-state index in [2.05, 4.69) is 10.6 Å². The quantitative estimate of drug-likeness (QED) is 0.711. The van der Waals surface area contributed by atoms with Crippen LogP contribution < -0.4 is 16.4 Å². The second-order valence-corrected chi connectivity index (χ2v) is 6.19. The Hall–Kier alpha value is -1.59. The monoisotopic (exact) mass is 339 g/mol. The van der Waals surface area contributed by atoms with Gasteiger partial charge in [0.1, 0.15) is 0 Å². The first-order valence-corrected chi connectivity index (χ1v) is 7.91. The minimum atomic E-state index is -0.364. The summed E-state index contributed by atoms with van der Waals surface area (Å²) in [6.45, 7) is 5.03. The van der Waals surface area contributed by atoms with Gasteiger partial charge in [0.25, 0.3) is 11.8 Å². The molecule has 5 nitrogen and oxygen atoms in total. The third-order valence-corrected chi connectivity index (χ3v) is 4.22. The first kappa shape index (κ1) is 19.5. The molecule has 1 fully saturated rings. The van der Waals surface area contributed by atoms with Crippen molar-refractivity contribution in [1.82, 2.24) is 10.6 Å². The zero-order valence-electron chi connectivity index (χ0n) is 13.7. The number of rotatable bonds is 7. The normalized spacial score (nSPS) is 16.0. The van der Waals surface area contributed by atoms with Crippen LogP contribution in [0.4, 0.5) is 0 Å². The molecule has 2 amide bonds. The number of amides is 2. The minimum absolute atomic E-state index is 0. The predicted molar refractivity (Wildman–Crippen MR) is 94.0 cm³/mol. The van der Waals surface area contributed by atoms with E-state index in [0.717, 1.165) is 19.3 Å². The number of benzene rings is 1. The molecule has 128 valence electrons. The summed E-state index contributed by atoms with van der Waals surface area (Å²) in [5.74, 6) is 0.128. The van der Waals surface area contributed by atoms with Crippen molar-refractivity contribution >= 4 is 24.2 Å². The van der Waals surface area contributed by atoms with Gasteiger partial charge >= 0.3 is 0 Å². The van der Waals surface area contributed by atoms with Crippen molar-refractivity contribution in [2.24, 2.45) is 11.7 Å². The lowest BCUT2D eigenvalue weighted by atomic mass is 9.95. The van der Waals surface area contributed by atoms with Gasteiger partial charge < -0.3 is 16.4 Å². The van der Waals surface area contributed by atoms with Gasteiger partial charge in [-0.05, 0) is 50.3 Å². The van der Waals surface area contributed by atoms with Crippen LogP contribution >= 0.6 is 12.4 Å². The average Bonchev–Trinajstić information content (AvgIpc) is 3.37. The molecule has 0 aromatic heterocycles. The molecular formula is C17H26ClN3O2. The maximum atomic E-state index is 12.4. The van der Waals surface area contributed by atoms with Gasteiger partial charge in [0.15, 0.2) is 0 Å². The molecule has 1 atom stereocenters. The molecule has 0 heterocycles. The van der Waals surface area contributed by atoms with Crippen LogP contribution in [0.25, 0.3) is 0 Å². The van der Waals surface area contributed by atoms with Crippen molar-refractivity contribution in [3.63, 3.8) is 0 Å². The van der Waals surface area contributed by atoms with Gasteiger partial charge in [-0.1, -0.05) is 13.0 Å². The number of nitrogens with two attached hydrogens (primary N) is 1. The van der Waals surface area contributed by atoms with Gasteiger partial charge in [-0.3, -0.25) is 9.59 Å². The summed E-state index contributed by atoms with van der Waals surface area (Å²) in [6, 6.07) is 6.79. The Morgan fingerprint density at radius 2 is 1.87 bits per heavy atom. The smallest absolute Gasteiger partial charge is 0.251 e. The number of nitrogens with one attached hydrogen (secondary N) is 2. The van der Waals surface area contributed by atoms with Crippen LogP contribution in [0.15, 0.2) is 24.3 Å². The standard InChI is InChI=1S/C17H25N3O2.ClH/c1-3-9-19-15(21)12-5-4-6-13(10-12)16(22)20-17(2,11-18)14-7-8-14;/h4-6,10,14H,3,7-9,11,18H2,1-2H3,(H,19,21)(H,20,22);1H. The zero-order valence-corrected chi connectivity index (χ0v) is 14.5. The lowest BCUT2D eigenvalue weighted by Gasteiger charge is -2.29. The second kappa shape index (κ2) is 8.31. The van der Waals surface area contributed by atoms with Crippen LogP contribution in [-0.4, -0.2) is 30.4 Å². The zero-order chi connectivity index (χ0) is 16.2. The van der Waals surface area contributed by atoms with E-state index in [4.69, 9.17) is 5.73 Å². The molecule has 0 aliphatic heterocycles. The van der Waals surface area contributed by atoms with E-state index in [1.54, 1.807) is 24.3 Å². The lowest BCUT2D eigenvalue weighted by molar-refractivity contribution is 0.0898. The van der Waals surface area contributed by atoms with Crippen molar-refractivity contribution in [2.75, 3.05) is 13.1 Å². The highest BCUT2D eigenvalue weighted by Gasteiger charge is 2.41. The first-order chi connectivity index (χ1) is 10.5. The number of carbonyl (C=O) groups excluding carboxylic acids is 2. The van der Waals surface area contributed by atoms with Gasteiger partial charge in [-0.2, -0.15) is 0 Å². The summed E-state index contributed by atoms with van der Waals surface area (Å²) in [6.07, 6.45) is 3.09.